The number of ether oxygens (including phenoxy) is 2. The third-order valence-corrected chi connectivity index (χ3v) is 4.48. The molecule has 1 saturated heterocycles. The summed E-state index contributed by atoms with van der Waals surface area (Å²) in [6.07, 6.45) is 1.48. The van der Waals surface area contributed by atoms with Crippen molar-refractivity contribution in [2.24, 2.45) is 0 Å². The third kappa shape index (κ3) is 3.41. The summed E-state index contributed by atoms with van der Waals surface area (Å²) >= 11 is 5.23. The molecule has 0 unspecified atom stereocenters. The van der Waals surface area contributed by atoms with Crippen LogP contribution in [0.4, 0.5) is 5.69 Å². The Balaban J connectivity index is 2.09. The molecule has 0 spiro atoms. The first-order valence-electron chi connectivity index (χ1n) is 8.16. The summed E-state index contributed by atoms with van der Waals surface area (Å²) in [5.41, 5.74) is 1.99. The van der Waals surface area contributed by atoms with E-state index in [0.29, 0.717) is 22.7 Å². The largest absolute Gasteiger partial charge is 0.493 e. The van der Waals surface area contributed by atoms with E-state index in [2.05, 4.69) is 5.32 Å². The second kappa shape index (κ2) is 7.59. The lowest BCUT2D eigenvalue weighted by atomic mass is 10.0. The fraction of sp³-hybridized carbons (Fsp3) is 0.150. The molecule has 0 radical (unpaired) electrons. The Labute approximate surface area is 162 Å². The van der Waals surface area contributed by atoms with Crippen LogP contribution in [0.3, 0.4) is 0 Å². The molecule has 0 aliphatic carbocycles. The minimum Gasteiger partial charge on any atom is -0.493 e. The van der Waals surface area contributed by atoms with Crippen molar-refractivity contribution in [2.75, 3.05) is 19.1 Å². The van der Waals surface area contributed by atoms with Crippen molar-refractivity contribution in [3.8, 4) is 11.5 Å². The number of anilines is 1. The van der Waals surface area contributed by atoms with Gasteiger partial charge >= 0.3 is 0 Å². The van der Waals surface area contributed by atoms with Gasteiger partial charge in [-0.05, 0) is 42.9 Å². The van der Waals surface area contributed by atoms with Gasteiger partial charge in [-0.1, -0.05) is 30.3 Å². The maximum Gasteiger partial charge on any atom is 0.270 e. The molecule has 6 nitrogen and oxygen atoms in total. The van der Waals surface area contributed by atoms with Gasteiger partial charge in [-0.15, -0.1) is 0 Å². The molecule has 138 valence electrons. The highest BCUT2D eigenvalue weighted by atomic mass is 32.1. The van der Waals surface area contributed by atoms with Crippen molar-refractivity contribution in [1.82, 2.24) is 5.32 Å². The number of hydrogen-bond donors (Lipinski definition) is 1. The maximum absolute atomic E-state index is 13.1. The minimum absolute atomic E-state index is 0.0431. The Hall–Kier alpha value is -3.19. The number of para-hydroxylation sites is 2. The molecular weight excluding hydrogens is 364 g/mol. The highest BCUT2D eigenvalue weighted by Gasteiger charge is 2.35. The normalized spacial score (nSPS) is 15.7. The molecule has 0 aromatic heterocycles. The zero-order valence-corrected chi connectivity index (χ0v) is 15.9. The fourth-order valence-corrected chi connectivity index (χ4v) is 3.15. The van der Waals surface area contributed by atoms with Crippen LogP contribution in [0, 0.1) is 6.92 Å². The van der Waals surface area contributed by atoms with Crippen LogP contribution in [0.5, 0.6) is 11.5 Å². The zero-order chi connectivity index (χ0) is 19.6. The number of carbonyl (C=O) groups excluding carboxylic acids is 2. The zero-order valence-electron chi connectivity index (χ0n) is 15.1. The Morgan fingerprint density at radius 3 is 2.44 bits per heavy atom. The van der Waals surface area contributed by atoms with E-state index in [-0.39, 0.29) is 10.7 Å². The van der Waals surface area contributed by atoms with E-state index < -0.39 is 11.8 Å². The molecule has 0 bridgehead atoms. The van der Waals surface area contributed by atoms with E-state index in [0.717, 1.165) is 5.56 Å². The first-order chi connectivity index (χ1) is 13.0. The number of aryl methyl sites for hydroxylation is 1. The van der Waals surface area contributed by atoms with Crippen LogP contribution in [0.15, 0.2) is 48.0 Å². The fourth-order valence-electron chi connectivity index (χ4n) is 2.87. The molecule has 27 heavy (non-hydrogen) atoms. The van der Waals surface area contributed by atoms with Crippen molar-refractivity contribution in [2.45, 2.75) is 6.92 Å². The van der Waals surface area contributed by atoms with Crippen LogP contribution in [0.25, 0.3) is 6.08 Å². The monoisotopic (exact) mass is 382 g/mol. The number of carbonyl (C=O) groups is 2. The van der Waals surface area contributed by atoms with Gasteiger partial charge < -0.3 is 9.47 Å². The van der Waals surface area contributed by atoms with Gasteiger partial charge in [0.1, 0.15) is 5.57 Å². The molecule has 1 aliphatic rings. The lowest BCUT2D eigenvalue weighted by Gasteiger charge is -2.30. The molecule has 0 saturated carbocycles. The van der Waals surface area contributed by atoms with Gasteiger partial charge in [0.2, 0.25) is 0 Å². The summed E-state index contributed by atoms with van der Waals surface area (Å²) in [6.45, 7) is 1.87. The summed E-state index contributed by atoms with van der Waals surface area (Å²) in [6, 6.07) is 12.5. The molecular formula is C20H18N2O4S. The topological polar surface area (TPSA) is 67.9 Å². The predicted molar refractivity (Wildman–Crippen MR) is 107 cm³/mol. The highest BCUT2D eigenvalue weighted by molar-refractivity contribution is 7.80. The van der Waals surface area contributed by atoms with Crippen molar-refractivity contribution >= 4 is 40.9 Å². The highest BCUT2D eigenvalue weighted by Crippen LogP contribution is 2.33. The van der Waals surface area contributed by atoms with Crippen molar-refractivity contribution in [3.63, 3.8) is 0 Å². The molecule has 1 N–H and O–H groups in total. The van der Waals surface area contributed by atoms with Gasteiger partial charge in [0, 0.05) is 5.56 Å². The maximum atomic E-state index is 13.1. The summed E-state index contributed by atoms with van der Waals surface area (Å²) < 4.78 is 10.7. The number of hydrogen-bond acceptors (Lipinski definition) is 5. The number of amides is 2. The van der Waals surface area contributed by atoms with Crippen LogP contribution >= 0.6 is 12.2 Å². The average molecular weight is 382 g/mol. The molecule has 1 aliphatic heterocycles. The first-order valence-corrected chi connectivity index (χ1v) is 8.56. The second-order valence-corrected chi connectivity index (χ2v) is 6.21. The SMILES string of the molecule is COc1cccc(/C=C2\C(=O)NC(=S)N(c3ccccc3C)C2=O)c1OC. The summed E-state index contributed by atoms with van der Waals surface area (Å²) in [4.78, 5) is 26.9. The molecule has 3 rings (SSSR count). The van der Waals surface area contributed by atoms with Gasteiger partial charge in [-0.3, -0.25) is 19.8 Å². The van der Waals surface area contributed by atoms with Gasteiger partial charge in [0.25, 0.3) is 11.8 Å². The van der Waals surface area contributed by atoms with E-state index in [1.54, 1.807) is 24.3 Å². The number of benzene rings is 2. The molecule has 2 aromatic carbocycles. The van der Waals surface area contributed by atoms with E-state index >= 15 is 0 Å². The number of methoxy groups -OCH3 is 2. The lowest BCUT2D eigenvalue weighted by Crippen LogP contribution is -2.54. The Morgan fingerprint density at radius 1 is 1.04 bits per heavy atom. The minimum atomic E-state index is -0.556. The van der Waals surface area contributed by atoms with E-state index in [1.807, 2.05) is 25.1 Å². The van der Waals surface area contributed by atoms with Crippen LogP contribution in [0.1, 0.15) is 11.1 Å². The number of thiocarbonyl (C=S) groups is 1. The standard InChI is InChI=1S/C20H18N2O4S/c1-12-7-4-5-9-15(12)22-19(24)14(18(23)21-20(22)27)11-13-8-6-10-16(25-2)17(13)26-3/h4-11H,1-3H3,(H,21,23,27)/b14-11+. The van der Waals surface area contributed by atoms with Gasteiger partial charge in [0.05, 0.1) is 19.9 Å². The molecule has 1 fully saturated rings. The predicted octanol–water partition coefficient (Wildman–Crippen LogP) is 2.84. The molecule has 7 heteroatoms. The molecule has 1 heterocycles. The van der Waals surface area contributed by atoms with Crippen LogP contribution in [-0.4, -0.2) is 31.1 Å². The Kier molecular flexibility index (Phi) is 5.23. The van der Waals surface area contributed by atoms with Crippen LogP contribution in [-0.2, 0) is 9.59 Å². The third-order valence-electron chi connectivity index (χ3n) is 4.19. The van der Waals surface area contributed by atoms with E-state index in [4.69, 9.17) is 21.7 Å². The number of rotatable bonds is 4. The van der Waals surface area contributed by atoms with Gasteiger partial charge in [-0.25, -0.2) is 0 Å². The first kappa shape index (κ1) is 18.6. The quantitative estimate of drug-likeness (QED) is 0.500. The van der Waals surface area contributed by atoms with E-state index in [1.165, 1.54) is 25.2 Å². The molecule has 2 amide bonds. The van der Waals surface area contributed by atoms with Crippen molar-refractivity contribution in [1.29, 1.82) is 0 Å². The lowest BCUT2D eigenvalue weighted by molar-refractivity contribution is -0.122. The van der Waals surface area contributed by atoms with Gasteiger partial charge in [0.15, 0.2) is 16.6 Å². The summed E-state index contributed by atoms with van der Waals surface area (Å²) in [7, 11) is 3.02. The molecule has 2 aromatic rings. The number of nitrogens with zero attached hydrogens (tertiary/aromatic N) is 1. The van der Waals surface area contributed by atoms with Crippen molar-refractivity contribution < 1.29 is 19.1 Å². The average Bonchev–Trinajstić information content (AvgIpc) is 2.66. The Morgan fingerprint density at radius 2 is 1.78 bits per heavy atom. The van der Waals surface area contributed by atoms with Gasteiger partial charge in [-0.2, -0.15) is 0 Å². The summed E-state index contributed by atoms with van der Waals surface area (Å²) in [5, 5.41) is 2.63. The van der Waals surface area contributed by atoms with E-state index in [9.17, 15) is 9.59 Å². The summed E-state index contributed by atoms with van der Waals surface area (Å²) in [5.74, 6) is -0.117. The van der Waals surface area contributed by atoms with Crippen molar-refractivity contribution in [3.05, 3.63) is 59.2 Å². The smallest absolute Gasteiger partial charge is 0.270 e. The number of nitrogens with one attached hydrogen (secondary N) is 1. The Bertz CT molecular complexity index is 968. The molecule has 0 atom stereocenters. The van der Waals surface area contributed by atoms with Crippen LogP contribution in [0.2, 0.25) is 0 Å². The second-order valence-electron chi connectivity index (χ2n) is 5.83. The van der Waals surface area contributed by atoms with Crippen LogP contribution < -0.4 is 19.7 Å².